The number of hydrogen-bond acceptors (Lipinski definition) is 4. The first-order chi connectivity index (χ1) is 19.3. The predicted octanol–water partition coefficient (Wildman–Crippen LogP) is 6.31. The fraction of sp³-hybridized carbons (Fsp3) is 0.333. The monoisotopic (exact) mass is 539 g/mol. The molecular weight excluding hydrogens is 502 g/mol. The Balaban J connectivity index is 1.50. The second-order valence-corrected chi connectivity index (χ2v) is 10.4. The van der Waals surface area contributed by atoms with Gasteiger partial charge in [-0.1, -0.05) is 87.0 Å². The number of aliphatic carboxylic acids is 1. The van der Waals surface area contributed by atoms with Crippen molar-refractivity contribution in [3.8, 4) is 0 Å². The van der Waals surface area contributed by atoms with Crippen molar-refractivity contribution in [1.82, 2.24) is 5.01 Å². The largest absolute Gasteiger partial charge is 0.481 e. The van der Waals surface area contributed by atoms with Crippen LogP contribution in [0.1, 0.15) is 73.3 Å². The van der Waals surface area contributed by atoms with Crippen molar-refractivity contribution in [2.75, 3.05) is 5.32 Å². The highest BCUT2D eigenvalue weighted by Crippen LogP contribution is 2.30. The molecule has 1 aliphatic rings. The first-order valence-electron chi connectivity index (χ1n) is 13.9. The smallest absolute Gasteiger partial charge is 0.303 e. The minimum absolute atomic E-state index is 0.00146. The number of anilines is 1. The van der Waals surface area contributed by atoms with E-state index < -0.39 is 5.97 Å². The van der Waals surface area contributed by atoms with Crippen molar-refractivity contribution >= 4 is 29.2 Å². The molecule has 2 unspecified atom stereocenters. The van der Waals surface area contributed by atoms with E-state index in [9.17, 15) is 14.4 Å². The molecule has 0 aromatic heterocycles. The number of nitrogens with one attached hydrogen (secondary N) is 1. The van der Waals surface area contributed by atoms with E-state index in [1.807, 2.05) is 79.7 Å². The molecule has 1 aliphatic heterocycles. The van der Waals surface area contributed by atoms with Crippen LogP contribution in [0.25, 0.3) is 0 Å². The molecule has 4 rings (SSSR count). The zero-order chi connectivity index (χ0) is 28.6. The first kappa shape index (κ1) is 28.7. The third-order valence-corrected chi connectivity index (χ3v) is 7.69. The van der Waals surface area contributed by atoms with Gasteiger partial charge in [-0.2, -0.15) is 5.10 Å². The Hall–Kier alpha value is -4.26. The van der Waals surface area contributed by atoms with Crippen LogP contribution >= 0.6 is 0 Å². The van der Waals surface area contributed by atoms with Gasteiger partial charge in [0.1, 0.15) is 0 Å². The highest BCUT2D eigenvalue weighted by atomic mass is 16.4. The summed E-state index contributed by atoms with van der Waals surface area (Å²) >= 11 is 0. The first-order valence-corrected chi connectivity index (χ1v) is 13.9. The molecular formula is C33H37N3O4. The zero-order valence-corrected chi connectivity index (χ0v) is 23.4. The fourth-order valence-corrected chi connectivity index (χ4v) is 5.08. The number of benzene rings is 3. The van der Waals surface area contributed by atoms with Gasteiger partial charge in [-0.25, -0.2) is 5.01 Å². The summed E-state index contributed by atoms with van der Waals surface area (Å²) in [7, 11) is 0. The maximum Gasteiger partial charge on any atom is 0.303 e. The average molecular weight is 540 g/mol. The number of carboxylic acid groups (broad SMARTS) is 1. The van der Waals surface area contributed by atoms with Crippen LogP contribution in [0.15, 0.2) is 77.9 Å². The van der Waals surface area contributed by atoms with Crippen LogP contribution in [0.3, 0.4) is 0 Å². The Kier molecular flexibility index (Phi) is 9.48. The van der Waals surface area contributed by atoms with Gasteiger partial charge >= 0.3 is 5.97 Å². The van der Waals surface area contributed by atoms with E-state index in [1.54, 1.807) is 5.01 Å². The summed E-state index contributed by atoms with van der Waals surface area (Å²) in [6.45, 7) is 6.42. The standard InChI is InChI=1S/C33H37N3O4/c1-4-22(2)32(33(40)34-28-12-8-11-25(23(28)3)17-20-31(38)39)27-15-13-24(14-16-27)21-36-30(37)19-18-29(35-36)26-9-6-5-7-10-26/h5-16,22,32H,4,17-21H2,1-3H3,(H,34,40)(H,38,39). The highest BCUT2D eigenvalue weighted by molar-refractivity contribution is 6.04. The van der Waals surface area contributed by atoms with E-state index in [0.29, 0.717) is 31.5 Å². The molecule has 2 atom stereocenters. The molecule has 2 amide bonds. The Labute approximate surface area is 235 Å². The molecule has 0 spiro atoms. The van der Waals surface area contributed by atoms with E-state index in [4.69, 9.17) is 5.11 Å². The number of carbonyl (C=O) groups excluding carboxylic acids is 2. The zero-order valence-electron chi connectivity index (χ0n) is 23.4. The van der Waals surface area contributed by atoms with Gasteiger partial charge in [0, 0.05) is 24.9 Å². The van der Waals surface area contributed by atoms with Crippen LogP contribution in [0, 0.1) is 12.8 Å². The molecule has 3 aromatic carbocycles. The molecule has 1 heterocycles. The lowest BCUT2D eigenvalue weighted by Crippen LogP contribution is -2.31. The third kappa shape index (κ3) is 7.03. The molecule has 40 heavy (non-hydrogen) atoms. The Morgan fingerprint density at radius 3 is 2.40 bits per heavy atom. The van der Waals surface area contributed by atoms with Crippen molar-refractivity contribution in [3.05, 3.63) is 101 Å². The number of carboxylic acids is 1. The molecule has 208 valence electrons. The minimum Gasteiger partial charge on any atom is -0.481 e. The number of aryl methyl sites for hydroxylation is 1. The molecule has 0 saturated heterocycles. The summed E-state index contributed by atoms with van der Waals surface area (Å²) in [6.07, 6.45) is 2.35. The molecule has 0 radical (unpaired) electrons. The van der Waals surface area contributed by atoms with Gasteiger partial charge in [0.15, 0.2) is 0 Å². The summed E-state index contributed by atoms with van der Waals surface area (Å²) in [4.78, 5) is 37.2. The lowest BCUT2D eigenvalue weighted by atomic mass is 9.84. The number of carbonyl (C=O) groups is 3. The summed E-state index contributed by atoms with van der Waals surface area (Å²) in [5.74, 6) is -1.20. The lowest BCUT2D eigenvalue weighted by Gasteiger charge is -2.25. The van der Waals surface area contributed by atoms with Crippen LogP contribution in [0.2, 0.25) is 0 Å². The molecule has 0 saturated carbocycles. The molecule has 7 heteroatoms. The maximum atomic E-state index is 13.6. The van der Waals surface area contributed by atoms with Crippen LogP contribution in [0.4, 0.5) is 5.69 Å². The Bertz CT molecular complexity index is 1380. The molecule has 0 aliphatic carbocycles. The summed E-state index contributed by atoms with van der Waals surface area (Å²) in [6, 6.07) is 23.4. The minimum atomic E-state index is -0.845. The van der Waals surface area contributed by atoms with Crippen LogP contribution in [-0.4, -0.2) is 33.6 Å². The second-order valence-electron chi connectivity index (χ2n) is 10.4. The number of hydrazone groups is 1. The highest BCUT2D eigenvalue weighted by Gasteiger charge is 2.27. The van der Waals surface area contributed by atoms with E-state index in [0.717, 1.165) is 39.9 Å². The van der Waals surface area contributed by atoms with Crippen LogP contribution in [-0.2, 0) is 27.3 Å². The predicted molar refractivity (Wildman–Crippen MR) is 157 cm³/mol. The van der Waals surface area contributed by atoms with Crippen LogP contribution < -0.4 is 5.32 Å². The van der Waals surface area contributed by atoms with E-state index in [-0.39, 0.29) is 30.1 Å². The summed E-state index contributed by atoms with van der Waals surface area (Å²) in [5.41, 5.74) is 6.29. The van der Waals surface area contributed by atoms with Crippen molar-refractivity contribution in [1.29, 1.82) is 0 Å². The van der Waals surface area contributed by atoms with Crippen molar-refractivity contribution in [2.45, 2.75) is 65.3 Å². The van der Waals surface area contributed by atoms with Gasteiger partial charge in [0.2, 0.25) is 11.8 Å². The SMILES string of the molecule is CCC(C)C(C(=O)Nc1cccc(CCC(=O)O)c1C)c1ccc(CN2N=C(c3ccccc3)CCC2=O)cc1. The molecule has 3 aromatic rings. The van der Waals surface area contributed by atoms with E-state index in [1.165, 1.54) is 0 Å². The van der Waals surface area contributed by atoms with Crippen LogP contribution in [0.5, 0.6) is 0 Å². The number of amides is 2. The third-order valence-electron chi connectivity index (χ3n) is 7.69. The van der Waals surface area contributed by atoms with E-state index >= 15 is 0 Å². The molecule has 0 bridgehead atoms. The lowest BCUT2D eigenvalue weighted by molar-refractivity contribution is -0.137. The molecule has 2 N–H and O–H groups in total. The normalized spacial score (nSPS) is 14.8. The van der Waals surface area contributed by atoms with Gasteiger partial charge in [0.25, 0.3) is 0 Å². The van der Waals surface area contributed by atoms with Crippen molar-refractivity contribution in [3.63, 3.8) is 0 Å². The van der Waals surface area contributed by atoms with Gasteiger partial charge in [0.05, 0.1) is 18.2 Å². The quantitative estimate of drug-likeness (QED) is 0.298. The Morgan fingerprint density at radius 2 is 1.73 bits per heavy atom. The average Bonchev–Trinajstić information content (AvgIpc) is 2.96. The van der Waals surface area contributed by atoms with Gasteiger partial charge in [-0.15, -0.1) is 0 Å². The Morgan fingerprint density at radius 1 is 1.00 bits per heavy atom. The van der Waals surface area contributed by atoms with Crippen molar-refractivity contribution in [2.24, 2.45) is 11.0 Å². The van der Waals surface area contributed by atoms with Crippen molar-refractivity contribution < 1.29 is 19.5 Å². The molecule has 7 nitrogen and oxygen atoms in total. The van der Waals surface area contributed by atoms with Gasteiger partial charge < -0.3 is 10.4 Å². The maximum absolute atomic E-state index is 13.6. The second kappa shape index (κ2) is 13.2. The topological polar surface area (TPSA) is 99.1 Å². The number of hydrogen-bond donors (Lipinski definition) is 2. The van der Waals surface area contributed by atoms with E-state index in [2.05, 4.69) is 24.3 Å². The number of nitrogens with zero attached hydrogens (tertiary/aromatic N) is 2. The fourth-order valence-electron chi connectivity index (χ4n) is 5.08. The summed E-state index contributed by atoms with van der Waals surface area (Å²) in [5, 5.41) is 18.3. The number of rotatable bonds is 11. The van der Waals surface area contributed by atoms with Gasteiger partial charge in [-0.3, -0.25) is 14.4 Å². The summed E-state index contributed by atoms with van der Waals surface area (Å²) < 4.78 is 0. The van der Waals surface area contributed by atoms with Gasteiger partial charge in [-0.05, 0) is 53.1 Å². The molecule has 0 fully saturated rings.